The van der Waals surface area contributed by atoms with E-state index in [4.69, 9.17) is 14.2 Å². The van der Waals surface area contributed by atoms with Gasteiger partial charge in [0.25, 0.3) is 0 Å². The Morgan fingerprint density at radius 1 is 1.25 bits per heavy atom. The molecule has 132 valence electrons. The van der Waals surface area contributed by atoms with Gasteiger partial charge in [-0.25, -0.2) is 4.79 Å². The lowest BCUT2D eigenvalue weighted by Crippen LogP contribution is -2.46. The van der Waals surface area contributed by atoms with Crippen molar-refractivity contribution >= 4 is 12.0 Å². The molecule has 1 saturated heterocycles. The van der Waals surface area contributed by atoms with Crippen molar-refractivity contribution < 1.29 is 23.8 Å². The van der Waals surface area contributed by atoms with Crippen LogP contribution in [0.5, 0.6) is 11.5 Å². The van der Waals surface area contributed by atoms with E-state index in [9.17, 15) is 9.59 Å². The molecular formula is C17H24N2O5. The van der Waals surface area contributed by atoms with Crippen LogP contribution in [0, 0.1) is 5.92 Å². The molecule has 1 N–H and O–H groups in total. The summed E-state index contributed by atoms with van der Waals surface area (Å²) in [5.41, 5.74) is 0. The number of amides is 2. The van der Waals surface area contributed by atoms with E-state index in [1.54, 1.807) is 12.0 Å². The fraction of sp³-hybridized carbons (Fsp3) is 0.529. The largest absolute Gasteiger partial charge is 0.493 e. The van der Waals surface area contributed by atoms with E-state index in [0.29, 0.717) is 37.7 Å². The Hall–Kier alpha value is -2.44. The molecule has 0 bridgehead atoms. The number of nitrogens with one attached hydrogen (secondary N) is 1. The van der Waals surface area contributed by atoms with Gasteiger partial charge in [0, 0.05) is 13.1 Å². The van der Waals surface area contributed by atoms with Crippen molar-refractivity contribution in [3.63, 3.8) is 0 Å². The number of ether oxygens (including phenoxy) is 3. The molecule has 0 spiro atoms. The van der Waals surface area contributed by atoms with Gasteiger partial charge in [-0.2, -0.15) is 0 Å². The van der Waals surface area contributed by atoms with Crippen molar-refractivity contribution in [2.75, 3.05) is 40.5 Å². The summed E-state index contributed by atoms with van der Waals surface area (Å²) in [6, 6.07) is 7.36. The van der Waals surface area contributed by atoms with Gasteiger partial charge >= 0.3 is 6.09 Å². The standard InChI is InChI=1S/C17H24N2O5/c1-22-14-7-3-4-8-15(14)24-11-9-18-16(20)13-6-5-10-19(12-13)17(21)23-2/h3-4,7-8,13H,5-6,9-12H2,1-2H3,(H,18,20)/t13-/m0/s1. The maximum Gasteiger partial charge on any atom is 0.409 e. The van der Waals surface area contributed by atoms with E-state index in [-0.39, 0.29) is 17.9 Å². The number of carbonyl (C=O) groups is 2. The maximum atomic E-state index is 12.2. The number of rotatable bonds is 6. The quantitative estimate of drug-likeness (QED) is 0.800. The number of piperidine rings is 1. The van der Waals surface area contributed by atoms with E-state index >= 15 is 0 Å². The second-order valence-electron chi connectivity index (χ2n) is 5.55. The third-order valence-corrected chi connectivity index (χ3v) is 3.95. The van der Waals surface area contributed by atoms with Crippen LogP contribution < -0.4 is 14.8 Å². The van der Waals surface area contributed by atoms with Gasteiger partial charge in [-0.15, -0.1) is 0 Å². The fourth-order valence-electron chi connectivity index (χ4n) is 2.70. The molecule has 0 unspecified atom stereocenters. The molecule has 1 heterocycles. The highest BCUT2D eigenvalue weighted by atomic mass is 16.5. The Kier molecular flexibility index (Phi) is 6.72. The van der Waals surface area contributed by atoms with Crippen LogP contribution in [0.1, 0.15) is 12.8 Å². The highest BCUT2D eigenvalue weighted by Crippen LogP contribution is 2.25. The lowest BCUT2D eigenvalue weighted by atomic mass is 9.97. The molecule has 2 rings (SSSR count). The molecule has 24 heavy (non-hydrogen) atoms. The van der Waals surface area contributed by atoms with Gasteiger partial charge in [0.1, 0.15) is 6.61 Å². The number of nitrogens with zero attached hydrogens (tertiary/aromatic N) is 1. The Morgan fingerprint density at radius 3 is 2.71 bits per heavy atom. The zero-order chi connectivity index (χ0) is 17.4. The van der Waals surface area contributed by atoms with Crippen LogP contribution in [0.3, 0.4) is 0 Å². The smallest absolute Gasteiger partial charge is 0.409 e. The average Bonchev–Trinajstić information content (AvgIpc) is 2.64. The van der Waals surface area contributed by atoms with Gasteiger partial charge in [-0.1, -0.05) is 12.1 Å². The lowest BCUT2D eigenvalue weighted by molar-refractivity contribution is -0.126. The summed E-state index contributed by atoms with van der Waals surface area (Å²) < 4.78 is 15.5. The third-order valence-electron chi connectivity index (χ3n) is 3.95. The van der Waals surface area contributed by atoms with E-state index in [2.05, 4.69) is 5.32 Å². The van der Waals surface area contributed by atoms with Crippen molar-refractivity contribution in [1.29, 1.82) is 0 Å². The minimum Gasteiger partial charge on any atom is -0.493 e. The first-order valence-electron chi connectivity index (χ1n) is 8.02. The molecular weight excluding hydrogens is 312 g/mol. The fourth-order valence-corrected chi connectivity index (χ4v) is 2.70. The summed E-state index contributed by atoms with van der Waals surface area (Å²) in [5, 5.41) is 2.85. The average molecular weight is 336 g/mol. The SMILES string of the molecule is COC(=O)N1CCC[C@H](C(=O)NCCOc2ccccc2OC)C1. The minimum atomic E-state index is -0.382. The summed E-state index contributed by atoms with van der Waals surface area (Å²) in [7, 11) is 2.93. The highest BCUT2D eigenvalue weighted by molar-refractivity contribution is 5.79. The normalized spacial score (nSPS) is 17.1. The molecule has 7 nitrogen and oxygen atoms in total. The predicted octanol–water partition coefficient (Wildman–Crippen LogP) is 1.67. The molecule has 2 amide bonds. The van der Waals surface area contributed by atoms with Gasteiger partial charge in [0.2, 0.25) is 5.91 Å². The molecule has 1 aliphatic heterocycles. The molecule has 1 aromatic rings. The van der Waals surface area contributed by atoms with Gasteiger partial charge in [-0.3, -0.25) is 4.79 Å². The second kappa shape index (κ2) is 9.00. The van der Waals surface area contributed by atoms with Crippen molar-refractivity contribution in [3.8, 4) is 11.5 Å². The van der Waals surface area contributed by atoms with Crippen molar-refractivity contribution in [3.05, 3.63) is 24.3 Å². The van der Waals surface area contributed by atoms with Gasteiger partial charge in [0.15, 0.2) is 11.5 Å². The van der Waals surface area contributed by atoms with Crippen LogP contribution >= 0.6 is 0 Å². The third kappa shape index (κ3) is 4.78. The first kappa shape index (κ1) is 17.9. The summed E-state index contributed by atoms with van der Waals surface area (Å²) in [5.74, 6) is 1.03. The minimum absolute atomic E-state index is 0.0628. The number of likely N-dealkylation sites (tertiary alicyclic amines) is 1. The van der Waals surface area contributed by atoms with Gasteiger partial charge < -0.3 is 24.4 Å². The van der Waals surface area contributed by atoms with Crippen molar-refractivity contribution in [1.82, 2.24) is 10.2 Å². The van der Waals surface area contributed by atoms with Crippen LogP contribution in [0.4, 0.5) is 4.79 Å². The number of hydrogen-bond donors (Lipinski definition) is 1. The number of hydrogen-bond acceptors (Lipinski definition) is 5. The molecule has 7 heteroatoms. The second-order valence-corrected chi connectivity index (χ2v) is 5.55. The summed E-state index contributed by atoms with van der Waals surface area (Å²) in [6.07, 6.45) is 1.18. The monoisotopic (exact) mass is 336 g/mol. The Morgan fingerprint density at radius 2 is 2.00 bits per heavy atom. The molecule has 0 aliphatic carbocycles. The highest BCUT2D eigenvalue weighted by Gasteiger charge is 2.28. The summed E-state index contributed by atoms with van der Waals surface area (Å²) in [6.45, 7) is 1.77. The van der Waals surface area contributed by atoms with E-state index in [1.807, 2.05) is 24.3 Å². The molecule has 1 aromatic carbocycles. The van der Waals surface area contributed by atoms with E-state index < -0.39 is 0 Å². The van der Waals surface area contributed by atoms with E-state index in [0.717, 1.165) is 12.8 Å². The molecule has 1 atom stereocenters. The Bertz CT molecular complexity index is 564. The van der Waals surface area contributed by atoms with E-state index in [1.165, 1.54) is 7.11 Å². The lowest BCUT2D eigenvalue weighted by Gasteiger charge is -2.30. The van der Waals surface area contributed by atoms with Crippen LogP contribution in [0.2, 0.25) is 0 Å². The zero-order valence-corrected chi connectivity index (χ0v) is 14.1. The first-order valence-corrected chi connectivity index (χ1v) is 8.02. The number of carbonyl (C=O) groups excluding carboxylic acids is 2. The number of para-hydroxylation sites is 2. The molecule has 1 fully saturated rings. The Labute approximate surface area is 141 Å². The molecule has 0 radical (unpaired) electrons. The maximum absolute atomic E-state index is 12.2. The van der Waals surface area contributed by atoms with Crippen LogP contribution in [0.15, 0.2) is 24.3 Å². The van der Waals surface area contributed by atoms with Crippen LogP contribution in [-0.2, 0) is 9.53 Å². The molecule has 0 saturated carbocycles. The van der Waals surface area contributed by atoms with Crippen molar-refractivity contribution in [2.24, 2.45) is 5.92 Å². The van der Waals surface area contributed by atoms with Crippen molar-refractivity contribution in [2.45, 2.75) is 12.8 Å². The summed E-state index contributed by atoms with van der Waals surface area (Å²) in [4.78, 5) is 25.3. The van der Waals surface area contributed by atoms with Crippen LogP contribution in [0.25, 0.3) is 0 Å². The summed E-state index contributed by atoms with van der Waals surface area (Å²) >= 11 is 0. The number of methoxy groups -OCH3 is 2. The van der Waals surface area contributed by atoms with Crippen LogP contribution in [-0.4, -0.2) is 57.4 Å². The first-order chi connectivity index (χ1) is 11.7. The molecule has 1 aliphatic rings. The van der Waals surface area contributed by atoms with Gasteiger partial charge in [0.05, 0.1) is 26.7 Å². The Balaban J connectivity index is 1.74. The zero-order valence-electron chi connectivity index (χ0n) is 14.1. The topological polar surface area (TPSA) is 77.1 Å². The number of benzene rings is 1. The molecule has 0 aromatic heterocycles. The predicted molar refractivity (Wildman–Crippen MR) is 88.2 cm³/mol. The van der Waals surface area contributed by atoms with Gasteiger partial charge in [-0.05, 0) is 25.0 Å².